The number of alkyl carbamates (subject to hydrolysis) is 1. The van der Waals surface area contributed by atoms with E-state index in [1.165, 1.54) is 19.3 Å². The van der Waals surface area contributed by atoms with Crippen molar-refractivity contribution in [3.05, 3.63) is 0 Å². The molecule has 31 heavy (non-hydrogen) atoms. The number of hydrogen-bond donors (Lipinski definition) is 3. The molecule has 0 aliphatic heterocycles. The summed E-state index contributed by atoms with van der Waals surface area (Å²) in [4.78, 5) is 12.4. The van der Waals surface area contributed by atoms with Crippen LogP contribution in [0.5, 0.6) is 0 Å². The minimum Gasteiger partial charge on any atom is -0.444 e. The summed E-state index contributed by atoms with van der Waals surface area (Å²) in [5, 5.41) is 14.0. The molecule has 0 heterocycles. The van der Waals surface area contributed by atoms with Gasteiger partial charge >= 0.3 is 6.09 Å². The van der Waals surface area contributed by atoms with Crippen LogP contribution in [0.1, 0.15) is 92.9 Å². The molecule has 0 aromatic rings. The highest BCUT2D eigenvalue weighted by molar-refractivity contribution is 7.89. The Morgan fingerprint density at radius 2 is 1.77 bits per heavy atom. The smallest absolute Gasteiger partial charge is 0.407 e. The van der Waals surface area contributed by atoms with E-state index < -0.39 is 33.9 Å². The number of carbonyl (C=O) groups excluding carboxylic acids is 1. The standard InChI is InChI=1S/C23H46N2O5S/c1-7-13-31(28,29)24-16-19(17(2)3)15-21(26)20(14-18-11-9-8-10-12-18)25-22(27)30-23(4,5)6/h17-21,24,26H,7-16H2,1-6H3,(H,25,27)/t19-,20+,21+/m1/s1. The zero-order chi connectivity index (χ0) is 23.7. The van der Waals surface area contributed by atoms with E-state index in [1.54, 1.807) is 0 Å². The molecule has 1 rings (SSSR count). The summed E-state index contributed by atoms with van der Waals surface area (Å²) in [6, 6.07) is -0.411. The first kappa shape index (κ1) is 28.2. The Morgan fingerprint density at radius 3 is 2.29 bits per heavy atom. The zero-order valence-corrected chi connectivity index (χ0v) is 21.3. The zero-order valence-electron chi connectivity index (χ0n) is 20.4. The summed E-state index contributed by atoms with van der Waals surface area (Å²) in [5.41, 5.74) is -0.609. The third-order valence-corrected chi connectivity index (χ3v) is 7.56. The second kappa shape index (κ2) is 13.0. The van der Waals surface area contributed by atoms with Crippen LogP contribution in [0.3, 0.4) is 0 Å². The summed E-state index contributed by atoms with van der Waals surface area (Å²) in [6.45, 7) is 11.6. The van der Waals surface area contributed by atoms with Crippen molar-refractivity contribution < 1.29 is 23.1 Å². The van der Waals surface area contributed by atoms with E-state index in [9.17, 15) is 18.3 Å². The summed E-state index contributed by atoms with van der Waals surface area (Å²) < 4.78 is 32.3. The van der Waals surface area contributed by atoms with Crippen LogP contribution in [0.4, 0.5) is 4.79 Å². The van der Waals surface area contributed by atoms with E-state index in [-0.39, 0.29) is 17.6 Å². The highest BCUT2D eigenvalue weighted by Crippen LogP contribution is 2.29. The molecule has 0 radical (unpaired) electrons. The van der Waals surface area contributed by atoms with Crippen molar-refractivity contribution >= 4 is 16.1 Å². The second-order valence-electron chi connectivity index (χ2n) is 10.5. The molecular formula is C23H46N2O5S. The molecule has 1 saturated carbocycles. The predicted molar refractivity (Wildman–Crippen MR) is 125 cm³/mol. The third kappa shape index (κ3) is 12.1. The van der Waals surface area contributed by atoms with E-state index in [2.05, 4.69) is 10.0 Å². The Bertz CT molecular complexity index is 624. The van der Waals surface area contributed by atoms with Crippen LogP contribution in [-0.2, 0) is 14.8 Å². The molecule has 184 valence electrons. The number of rotatable bonds is 12. The van der Waals surface area contributed by atoms with Crippen LogP contribution in [0.15, 0.2) is 0 Å². The monoisotopic (exact) mass is 462 g/mol. The number of ether oxygens (including phenoxy) is 1. The van der Waals surface area contributed by atoms with Gasteiger partial charge in [0.1, 0.15) is 5.60 Å². The van der Waals surface area contributed by atoms with Gasteiger partial charge in [-0.05, 0) is 57.8 Å². The van der Waals surface area contributed by atoms with Crippen LogP contribution < -0.4 is 10.0 Å². The maximum atomic E-state index is 12.4. The minimum atomic E-state index is -3.30. The highest BCUT2D eigenvalue weighted by Gasteiger charge is 2.30. The van der Waals surface area contributed by atoms with Gasteiger partial charge in [-0.25, -0.2) is 17.9 Å². The van der Waals surface area contributed by atoms with E-state index in [4.69, 9.17) is 4.74 Å². The van der Waals surface area contributed by atoms with Crippen molar-refractivity contribution in [1.29, 1.82) is 0 Å². The van der Waals surface area contributed by atoms with Crippen molar-refractivity contribution in [2.45, 2.75) is 111 Å². The molecule has 0 aromatic carbocycles. The van der Waals surface area contributed by atoms with Crippen LogP contribution in [0.25, 0.3) is 0 Å². The molecule has 0 spiro atoms. The molecule has 0 saturated heterocycles. The minimum absolute atomic E-state index is 0.0316. The molecule has 8 heteroatoms. The number of aliphatic hydroxyl groups is 1. The normalized spacial score (nSPS) is 19.1. The number of amides is 1. The van der Waals surface area contributed by atoms with Crippen LogP contribution in [0, 0.1) is 17.8 Å². The molecule has 1 aliphatic rings. The van der Waals surface area contributed by atoms with E-state index in [1.807, 2.05) is 41.5 Å². The second-order valence-corrected chi connectivity index (χ2v) is 12.4. The molecule has 3 N–H and O–H groups in total. The van der Waals surface area contributed by atoms with Gasteiger partial charge in [-0.3, -0.25) is 0 Å². The first-order valence-corrected chi connectivity index (χ1v) is 13.6. The lowest BCUT2D eigenvalue weighted by Crippen LogP contribution is -2.48. The van der Waals surface area contributed by atoms with Crippen LogP contribution >= 0.6 is 0 Å². The molecule has 1 fully saturated rings. The molecular weight excluding hydrogens is 416 g/mol. The topological polar surface area (TPSA) is 105 Å². The Kier molecular flexibility index (Phi) is 11.8. The Labute approximate surface area is 190 Å². The largest absolute Gasteiger partial charge is 0.444 e. The fourth-order valence-corrected chi connectivity index (χ4v) is 5.34. The lowest BCUT2D eigenvalue weighted by atomic mass is 9.81. The van der Waals surface area contributed by atoms with E-state index >= 15 is 0 Å². The van der Waals surface area contributed by atoms with Gasteiger partial charge in [0, 0.05) is 6.54 Å². The fraction of sp³-hybridized carbons (Fsp3) is 0.957. The fourth-order valence-electron chi connectivity index (χ4n) is 4.19. The molecule has 3 atom stereocenters. The number of nitrogens with one attached hydrogen (secondary N) is 2. The Hall–Kier alpha value is -0.860. The van der Waals surface area contributed by atoms with Gasteiger partial charge in [0.2, 0.25) is 10.0 Å². The van der Waals surface area contributed by atoms with Gasteiger partial charge < -0.3 is 15.2 Å². The van der Waals surface area contributed by atoms with Crippen LogP contribution in [-0.4, -0.2) is 49.7 Å². The molecule has 0 aromatic heterocycles. The maximum Gasteiger partial charge on any atom is 0.407 e. The number of carbonyl (C=O) groups is 1. The van der Waals surface area contributed by atoms with Gasteiger partial charge in [-0.15, -0.1) is 0 Å². The average Bonchev–Trinajstić information content (AvgIpc) is 2.63. The van der Waals surface area contributed by atoms with E-state index in [0.29, 0.717) is 31.7 Å². The summed E-state index contributed by atoms with van der Waals surface area (Å²) in [7, 11) is -3.30. The lowest BCUT2D eigenvalue weighted by molar-refractivity contribution is 0.0340. The number of sulfonamides is 1. The average molecular weight is 463 g/mol. The maximum absolute atomic E-state index is 12.4. The Balaban J connectivity index is 2.83. The van der Waals surface area contributed by atoms with Crippen molar-refractivity contribution in [1.82, 2.24) is 10.0 Å². The van der Waals surface area contributed by atoms with Gasteiger partial charge in [0.25, 0.3) is 0 Å². The molecule has 1 amide bonds. The highest BCUT2D eigenvalue weighted by atomic mass is 32.2. The van der Waals surface area contributed by atoms with Gasteiger partial charge in [0.05, 0.1) is 17.9 Å². The first-order valence-electron chi connectivity index (χ1n) is 12.0. The summed E-state index contributed by atoms with van der Waals surface area (Å²) >= 11 is 0. The molecule has 1 aliphatic carbocycles. The van der Waals surface area contributed by atoms with Crippen molar-refractivity contribution in [2.75, 3.05) is 12.3 Å². The van der Waals surface area contributed by atoms with Gasteiger partial charge in [-0.1, -0.05) is 52.9 Å². The quantitative estimate of drug-likeness (QED) is 0.403. The summed E-state index contributed by atoms with van der Waals surface area (Å²) in [5.74, 6) is 0.737. The van der Waals surface area contributed by atoms with Crippen LogP contribution in [0.2, 0.25) is 0 Å². The summed E-state index contributed by atoms with van der Waals surface area (Å²) in [6.07, 6.45) is 6.26. The van der Waals surface area contributed by atoms with Crippen molar-refractivity contribution in [3.8, 4) is 0 Å². The first-order chi connectivity index (χ1) is 14.3. The molecule has 0 unspecified atom stereocenters. The Morgan fingerprint density at radius 1 is 1.16 bits per heavy atom. The SMILES string of the molecule is CCCS(=O)(=O)NC[C@@H](C[C@H](O)[C@H](CC1CCCCC1)NC(=O)OC(C)(C)C)C(C)C. The predicted octanol–water partition coefficient (Wildman–Crippen LogP) is 4.20. The van der Waals surface area contributed by atoms with Gasteiger partial charge in [-0.2, -0.15) is 0 Å². The lowest BCUT2D eigenvalue weighted by Gasteiger charge is -2.33. The van der Waals surface area contributed by atoms with E-state index in [0.717, 1.165) is 12.8 Å². The molecule has 0 bridgehead atoms. The van der Waals surface area contributed by atoms with Crippen molar-refractivity contribution in [2.24, 2.45) is 17.8 Å². The van der Waals surface area contributed by atoms with Gasteiger partial charge in [0.15, 0.2) is 0 Å². The molecule has 7 nitrogen and oxygen atoms in total. The number of hydrogen-bond acceptors (Lipinski definition) is 5. The third-order valence-electron chi connectivity index (χ3n) is 6.00. The van der Waals surface area contributed by atoms with Crippen molar-refractivity contribution in [3.63, 3.8) is 0 Å². The number of aliphatic hydroxyl groups excluding tert-OH is 1.